The van der Waals surface area contributed by atoms with Gasteiger partial charge in [0.25, 0.3) is 5.91 Å². The van der Waals surface area contributed by atoms with Crippen LogP contribution in [0.5, 0.6) is 0 Å². The lowest BCUT2D eigenvalue weighted by Crippen LogP contribution is -2.48. The molecule has 2 bridgehead atoms. The molecular formula is C27H31NO2. The number of hydrogen-bond donors (Lipinski definition) is 1. The van der Waals surface area contributed by atoms with Crippen LogP contribution in [0.15, 0.2) is 54.6 Å². The first-order chi connectivity index (χ1) is 14.4. The number of methoxy groups -OCH3 is 1. The van der Waals surface area contributed by atoms with Gasteiger partial charge in [-0.15, -0.1) is 0 Å². The zero-order chi connectivity index (χ0) is 21.1. The highest BCUT2D eigenvalue weighted by Crippen LogP contribution is 2.65. The molecule has 0 saturated heterocycles. The van der Waals surface area contributed by atoms with Gasteiger partial charge >= 0.3 is 0 Å². The summed E-state index contributed by atoms with van der Waals surface area (Å²) in [6, 6.07) is 19.0. The van der Waals surface area contributed by atoms with Crippen LogP contribution in [0, 0.1) is 16.7 Å². The lowest BCUT2D eigenvalue weighted by atomic mass is 9.69. The molecule has 2 aliphatic carbocycles. The van der Waals surface area contributed by atoms with Gasteiger partial charge in [-0.25, -0.2) is 0 Å². The number of fused-ring (bicyclic) bond motifs is 4. The van der Waals surface area contributed by atoms with Gasteiger partial charge in [-0.2, -0.15) is 0 Å². The third kappa shape index (κ3) is 2.64. The molecule has 3 aromatic rings. The highest BCUT2D eigenvalue weighted by molar-refractivity contribution is 6.05. The van der Waals surface area contributed by atoms with Crippen LogP contribution < -0.4 is 5.32 Å². The van der Waals surface area contributed by atoms with Crippen molar-refractivity contribution in [1.29, 1.82) is 0 Å². The van der Waals surface area contributed by atoms with Gasteiger partial charge in [0.2, 0.25) is 0 Å². The van der Waals surface area contributed by atoms with E-state index in [0.29, 0.717) is 5.92 Å². The molecule has 2 fully saturated rings. The summed E-state index contributed by atoms with van der Waals surface area (Å²) < 4.78 is 5.88. The van der Waals surface area contributed by atoms with Gasteiger partial charge in [-0.3, -0.25) is 4.79 Å². The van der Waals surface area contributed by atoms with Gasteiger partial charge in [-0.05, 0) is 63.6 Å². The zero-order valence-electron chi connectivity index (χ0n) is 18.4. The molecular weight excluding hydrogens is 370 g/mol. The first-order valence-corrected chi connectivity index (χ1v) is 11.1. The molecule has 5 rings (SSSR count). The molecule has 0 heterocycles. The predicted octanol–water partition coefficient (Wildman–Crippen LogP) is 6.01. The molecule has 1 amide bonds. The van der Waals surface area contributed by atoms with Crippen molar-refractivity contribution in [2.24, 2.45) is 16.7 Å². The Morgan fingerprint density at radius 1 is 1.03 bits per heavy atom. The van der Waals surface area contributed by atoms with Gasteiger partial charge < -0.3 is 10.1 Å². The van der Waals surface area contributed by atoms with Crippen molar-refractivity contribution in [2.75, 3.05) is 7.11 Å². The number of hydrogen-bond acceptors (Lipinski definition) is 2. The van der Waals surface area contributed by atoms with E-state index in [4.69, 9.17) is 4.74 Å². The second-order valence-corrected chi connectivity index (χ2v) is 10.0. The SMILES string of the molecule is CO[C@H](C(=O)N[C@H]1C[C@H]2CC[C@]1(C)C2(C)C)c1c2ccccc2cc2ccccc12. The molecule has 0 aromatic heterocycles. The molecule has 3 nitrogen and oxygen atoms in total. The van der Waals surface area contributed by atoms with Gasteiger partial charge in [0.15, 0.2) is 6.10 Å². The third-order valence-corrected chi connectivity index (χ3v) is 8.66. The van der Waals surface area contributed by atoms with Crippen LogP contribution in [0.1, 0.15) is 51.7 Å². The summed E-state index contributed by atoms with van der Waals surface area (Å²) in [6.07, 6.45) is 2.90. The van der Waals surface area contributed by atoms with Crippen molar-refractivity contribution in [1.82, 2.24) is 5.32 Å². The Bertz CT molecular complexity index is 1080. The summed E-state index contributed by atoms with van der Waals surface area (Å²) in [5, 5.41) is 7.85. The van der Waals surface area contributed by atoms with E-state index in [1.165, 1.54) is 12.8 Å². The topological polar surface area (TPSA) is 38.3 Å². The Morgan fingerprint density at radius 2 is 1.63 bits per heavy atom. The van der Waals surface area contributed by atoms with E-state index in [-0.39, 0.29) is 22.8 Å². The van der Waals surface area contributed by atoms with Gasteiger partial charge in [0.05, 0.1) is 0 Å². The van der Waals surface area contributed by atoms with E-state index in [9.17, 15) is 4.79 Å². The Kier molecular flexibility index (Phi) is 4.44. The molecule has 3 heteroatoms. The van der Waals surface area contributed by atoms with Gasteiger partial charge in [0.1, 0.15) is 0 Å². The van der Waals surface area contributed by atoms with Gasteiger partial charge in [0, 0.05) is 18.7 Å². The second-order valence-electron chi connectivity index (χ2n) is 10.0. The smallest absolute Gasteiger partial charge is 0.254 e. The molecule has 3 aromatic carbocycles. The summed E-state index contributed by atoms with van der Waals surface area (Å²) in [4.78, 5) is 13.6. The first-order valence-electron chi connectivity index (χ1n) is 11.1. The first kappa shape index (κ1) is 19.6. The van der Waals surface area contributed by atoms with Gasteiger partial charge in [-0.1, -0.05) is 69.3 Å². The number of nitrogens with one attached hydrogen (secondary N) is 1. The van der Waals surface area contributed by atoms with Crippen LogP contribution >= 0.6 is 0 Å². The number of carbonyl (C=O) groups is 1. The minimum absolute atomic E-state index is 0.0198. The van der Waals surface area contributed by atoms with Crippen LogP contribution in [0.3, 0.4) is 0 Å². The maximum atomic E-state index is 13.6. The lowest BCUT2D eigenvalue weighted by Gasteiger charge is -2.40. The summed E-state index contributed by atoms with van der Waals surface area (Å²) in [5.74, 6) is 0.667. The Balaban J connectivity index is 1.56. The molecule has 156 valence electrons. The monoisotopic (exact) mass is 401 g/mol. The number of ether oxygens (including phenoxy) is 1. The number of rotatable bonds is 4. The van der Waals surface area contributed by atoms with E-state index >= 15 is 0 Å². The van der Waals surface area contributed by atoms with E-state index in [1.54, 1.807) is 7.11 Å². The summed E-state index contributed by atoms with van der Waals surface area (Å²) in [5.41, 5.74) is 1.38. The van der Waals surface area contributed by atoms with E-state index in [0.717, 1.165) is 33.5 Å². The second kappa shape index (κ2) is 6.81. The third-order valence-electron chi connectivity index (χ3n) is 8.66. The highest BCUT2D eigenvalue weighted by atomic mass is 16.5. The number of amides is 1. The molecule has 0 aliphatic heterocycles. The molecule has 0 radical (unpaired) electrons. The summed E-state index contributed by atoms with van der Waals surface area (Å²) >= 11 is 0. The molecule has 0 unspecified atom stereocenters. The molecule has 30 heavy (non-hydrogen) atoms. The minimum atomic E-state index is -0.633. The fourth-order valence-corrected chi connectivity index (χ4v) is 6.36. The van der Waals surface area contributed by atoms with E-state index in [2.05, 4.69) is 56.4 Å². The van der Waals surface area contributed by atoms with E-state index in [1.807, 2.05) is 24.3 Å². The normalized spacial score (nSPS) is 28.1. The average molecular weight is 402 g/mol. The number of carbonyl (C=O) groups excluding carboxylic acids is 1. The lowest BCUT2D eigenvalue weighted by molar-refractivity contribution is -0.133. The van der Waals surface area contributed by atoms with Crippen LogP contribution in [0.4, 0.5) is 0 Å². The Labute approximate surface area is 178 Å². The molecule has 1 N–H and O–H groups in total. The van der Waals surface area contributed by atoms with Crippen molar-refractivity contribution in [3.8, 4) is 0 Å². The summed E-state index contributed by atoms with van der Waals surface area (Å²) in [7, 11) is 1.65. The Hall–Kier alpha value is -2.39. The average Bonchev–Trinajstić information content (AvgIpc) is 3.07. The predicted molar refractivity (Wildman–Crippen MR) is 122 cm³/mol. The fraction of sp³-hybridized carbons (Fsp3) is 0.444. The minimum Gasteiger partial charge on any atom is -0.367 e. The van der Waals surface area contributed by atoms with Crippen molar-refractivity contribution >= 4 is 27.5 Å². The Morgan fingerprint density at radius 3 is 2.13 bits per heavy atom. The van der Waals surface area contributed by atoms with Crippen LogP contribution in [0.2, 0.25) is 0 Å². The fourth-order valence-electron chi connectivity index (χ4n) is 6.36. The van der Waals surface area contributed by atoms with Crippen LogP contribution in [0.25, 0.3) is 21.5 Å². The highest BCUT2D eigenvalue weighted by Gasteiger charge is 2.61. The van der Waals surface area contributed by atoms with Crippen molar-refractivity contribution < 1.29 is 9.53 Å². The molecule has 4 atom stereocenters. The van der Waals surface area contributed by atoms with E-state index < -0.39 is 6.10 Å². The van der Waals surface area contributed by atoms with Crippen molar-refractivity contribution in [2.45, 2.75) is 52.2 Å². The quantitative estimate of drug-likeness (QED) is 0.544. The van der Waals surface area contributed by atoms with Crippen LogP contribution in [-0.2, 0) is 9.53 Å². The van der Waals surface area contributed by atoms with Crippen LogP contribution in [-0.4, -0.2) is 19.1 Å². The number of benzene rings is 3. The molecule has 0 spiro atoms. The van der Waals surface area contributed by atoms with Crippen molar-refractivity contribution in [3.05, 3.63) is 60.2 Å². The maximum absolute atomic E-state index is 13.6. The molecule has 2 saturated carbocycles. The zero-order valence-corrected chi connectivity index (χ0v) is 18.4. The summed E-state index contributed by atoms with van der Waals surface area (Å²) in [6.45, 7) is 7.12. The van der Waals surface area contributed by atoms with Crippen molar-refractivity contribution in [3.63, 3.8) is 0 Å². The maximum Gasteiger partial charge on any atom is 0.254 e. The molecule has 2 aliphatic rings. The largest absolute Gasteiger partial charge is 0.367 e. The standard InChI is InChI=1S/C27H31NO2/c1-26(2)19-13-14-27(26,3)22(16-19)28-25(29)24(30-4)23-20-11-7-5-9-17(20)15-18-10-6-8-12-21(18)23/h5-12,15,19,22,24H,13-14,16H2,1-4H3,(H,28,29)/t19-,22+,24+,27+/m1/s1.